The Morgan fingerprint density at radius 3 is 2.65 bits per heavy atom. The van der Waals surface area contributed by atoms with Gasteiger partial charge in [-0.05, 0) is 24.3 Å². The molecule has 0 aliphatic carbocycles. The fourth-order valence-electron chi connectivity index (χ4n) is 1.98. The van der Waals surface area contributed by atoms with Crippen LogP contribution in [0.15, 0.2) is 24.3 Å². The van der Waals surface area contributed by atoms with Gasteiger partial charge in [-0.25, -0.2) is 0 Å². The summed E-state index contributed by atoms with van der Waals surface area (Å²) >= 11 is 0. The van der Waals surface area contributed by atoms with E-state index in [1.165, 1.54) is 0 Å². The predicted octanol–water partition coefficient (Wildman–Crippen LogP) is 0.608. The van der Waals surface area contributed by atoms with Gasteiger partial charge in [-0.2, -0.15) is 0 Å². The molecule has 1 amide bonds. The van der Waals surface area contributed by atoms with Crippen LogP contribution in [0.1, 0.15) is 6.42 Å². The van der Waals surface area contributed by atoms with E-state index in [0.717, 1.165) is 11.4 Å². The number of carbonyl (C=O) groups is 1. The van der Waals surface area contributed by atoms with E-state index < -0.39 is 0 Å². The third kappa shape index (κ3) is 2.34. The zero-order valence-corrected chi connectivity index (χ0v) is 9.93. The van der Waals surface area contributed by atoms with Gasteiger partial charge in [0, 0.05) is 19.5 Å². The maximum absolute atomic E-state index is 11.7. The van der Waals surface area contributed by atoms with E-state index in [0.29, 0.717) is 26.1 Å². The lowest BCUT2D eigenvalue weighted by Crippen LogP contribution is -2.42. The normalized spacial score (nSPS) is 15.5. The van der Waals surface area contributed by atoms with E-state index in [1.54, 1.807) is 12.1 Å². The summed E-state index contributed by atoms with van der Waals surface area (Å²) < 4.78 is 5.11. The molecule has 1 fully saturated rings. The topological polar surface area (TPSA) is 58.8 Å². The maximum atomic E-state index is 11.7. The number of hydrazine groups is 1. The Morgan fingerprint density at radius 2 is 2.06 bits per heavy atom. The first-order chi connectivity index (χ1) is 8.26. The average molecular weight is 235 g/mol. The highest BCUT2D eigenvalue weighted by molar-refractivity contribution is 5.81. The van der Waals surface area contributed by atoms with Crippen LogP contribution in [0.5, 0.6) is 5.75 Å². The van der Waals surface area contributed by atoms with Crippen LogP contribution in [0.2, 0.25) is 0 Å². The van der Waals surface area contributed by atoms with Gasteiger partial charge in [-0.1, -0.05) is 0 Å². The van der Waals surface area contributed by atoms with Gasteiger partial charge >= 0.3 is 0 Å². The summed E-state index contributed by atoms with van der Waals surface area (Å²) in [6.07, 6.45) is 0.548. The first-order valence-electron chi connectivity index (χ1n) is 5.68. The first kappa shape index (κ1) is 11.7. The largest absolute Gasteiger partial charge is 0.497 e. The molecule has 1 aromatic carbocycles. The van der Waals surface area contributed by atoms with Crippen LogP contribution in [0.3, 0.4) is 0 Å². The van der Waals surface area contributed by atoms with Gasteiger partial charge < -0.3 is 10.5 Å². The molecule has 2 N–H and O–H groups in total. The number of amides is 1. The van der Waals surface area contributed by atoms with Crippen LogP contribution >= 0.6 is 0 Å². The molecule has 2 rings (SSSR count). The number of ether oxygens (including phenoxy) is 1. The molecule has 17 heavy (non-hydrogen) atoms. The van der Waals surface area contributed by atoms with Gasteiger partial charge in [0.15, 0.2) is 0 Å². The van der Waals surface area contributed by atoms with Crippen molar-refractivity contribution in [1.82, 2.24) is 5.01 Å². The van der Waals surface area contributed by atoms with Crippen LogP contribution in [-0.2, 0) is 4.79 Å². The number of anilines is 1. The van der Waals surface area contributed by atoms with E-state index in [-0.39, 0.29) is 5.91 Å². The monoisotopic (exact) mass is 235 g/mol. The fourth-order valence-corrected chi connectivity index (χ4v) is 1.98. The minimum atomic E-state index is 0.131. The molecule has 0 radical (unpaired) electrons. The predicted molar refractivity (Wildman–Crippen MR) is 65.7 cm³/mol. The van der Waals surface area contributed by atoms with Crippen molar-refractivity contribution in [3.05, 3.63) is 24.3 Å². The van der Waals surface area contributed by atoms with Gasteiger partial charge in [0.25, 0.3) is 0 Å². The van der Waals surface area contributed by atoms with Crippen molar-refractivity contribution >= 4 is 11.6 Å². The number of nitrogens with two attached hydrogens (primary N) is 1. The molecule has 0 bridgehead atoms. The summed E-state index contributed by atoms with van der Waals surface area (Å²) in [5.74, 6) is 0.941. The summed E-state index contributed by atoms with van der Waals surface area (Å²) in [6, 6.07) is 7.67. The van der Waals surface area contributed by atoms with Gasteiger partial charge in [-0.3, -0.25) is 14.8 Å². The van der Waals surface area contributed by atoms with Crippen molar-refractivity contribution in [2.45, 2.75) is 6.42 Å². The number of benzene rings is 1. The second-order valence-corrected chi connectivity index (χ2v) is 3.88. The molecule has 1 aromatic rings. The number of hydrogen-bond donors (Lipinski definition) is 1. The molecule has 0 aromatic heterocycles. The minimum absolute atomic E-state index is 0.131. The zero-order valence-electron chi connectivity index (χ0n) is 9.93. The SMILES string of the molecule is COc1ccc(N2CCC(=O)N2CCN)cc1. The highest BCUT2D eigenvalue weighted by atomic mass is 16.5. The number of hydrogen-bond acceptors (Lipinski definition) is 4. The highest BCUT2D eigenvalue weighted by Gasteiger charge is 2.28. The Morgan fingerprint density at radius 1 is 1.35 bits per heavy atom. The molecule has 1 aliphatic heterocycles. The number of carbonyl (C=O) groups excluding carboxylic acids is 1. The van der Waals surface area contributed by atoms with E-state index in [4.69, 9.17) is 10.5 Å². The molecule has 5 heteroatoms. The molecule has 0 saturated carbocycles. The highest BCUT2D eigenvalue weighted by Crippen LogP contribution is 2.24. The van der Waals surface area contributed by atoms with Crippen LogP contribution < -0.4 is 15.5 Å². The Kier molecular flexibility index (Phi) is 3.49. The third-order valence-electron chi connectivity index (χ3n) is 2.83. The molecule has 0 spiro atoms. The number of rotatable bonds is 4. The van der Waals surface area contributed by atoms with Gasteiger partial charge in [0.2, 0.25) is 5.91 Å². The number of nitrogens with zero attached hydrogens (tertiary/aromatic N) is 2. The Labute approximate surface area is 101 Å². The van der Waals surface area contributed by atoms with Gasteiger partial charge in [0.05, 0.1) is 19.3 Å². The molecule has 1 aliphatic rings. The summed E-state index contributed by atoms with van der Waals surface area (Å²) in [4.78, 5) is 11.7. The lowest BCUT2D eigenvalue weighted by atomic mass is 10.3. The van der Waals surface area contributed by atoms with Gasteiger partial charge in [0.1, 0.15) is 5.75 Å². The second-order valence-electron chi connectivity index (χ2n) is 3.88. The van der Waals surface area contributed by atoms with E-state index in [1.807, 2.05) is 29.3 Å². The molecule has 92 valence electrons. The molecular formula is C12H17N3O2. The van der Waals surface area contributed by atoms with Crippen LogP contribution in [0.25, 0.3) is 0 Å². The molecule has 1 saturated heterocycles. The summed E-state index contributed by atoms with van der Waals surface area (Å²) in [5.41, 5.74) is 6.51. The molecule has 1 heterocycles. The Bertz CT molecular complexity index is 391. The summed E-state index contributed by atoms with van der Waals surface area (Å²) in [7, 11) is 1.63. The van der Waals surface area contributed by atoms with Crippen LogP contribution in [0, 0.1) is 0 Å². The van der Waals surface area contributed by atoms with E-state index >= 15 is 0 Å². The smallest absolute Gasteiger partial charge is 0.242 e. The molecule has 0 atom stereocenters. The van der Waals surface area contributed by atoms with Crippen molar-refractivity contribution in [3.8, 4) is 5.75 Å². The van der Waals surface area contributed by atoms with E-state index in [9.17, 15) is 4.79 Å². The van der Waals surface area contributed by atoms with Crippen molar-refractivity contribution in [2.75, 3.05) is 31.8 Å². The first-order valence-corrected chi connectivity index (χ1v) is 5.68. The minimum Gasteiger partial charge on any atom is -0.497 e. The van der Waals surface area contributed by atoms with Crippen molar-refractivity contribution in [3.63, 3.8) is 0 Å². The summed E-state index contributed by atoms with van der Waals surface area (Å²) in [5, 5.41) is 3.68. The third-order valence-corrected chi connectivity index (χ3v) is 2.83. The van der Waals surface area contributed by atoms with Crippen molar-refractivity contribution in [1.29, 1.82) is 0 Å². The van der Waals surface area contributed by atoms with Gasteiger partial charge in [-0.15, -0.1) is 0 Å². The maximum Gasteiger partial charge on any atom is 0.242 e. The second kappa shape index (κ2) is 5.05. The van der Waals surface area contributed by atoms with Crippen molar-refractivity contribution in [2.24, 2.45) is 5.73 Å². The van der Waals surface area contributed by atoms with Crippen LogP contribution in [0.4, 0.5) is 5.69 Å². The fraction of sp³-hybridized carbons (Fsp3) is 0.417. The summed E-state index contributed by atoms with van der Waals surface area (Å²) in [6.45, 7) is 1.74. The number of methoxy groups -OCH3 is 1. The van der Waals surface area contributed by atoms with Crippen molar-refractivity contribution < 1.29 is 9.53 Å². The lowest BCUT2D eigenvalue weighted by molar-refractivity contribution is -0.128. The quantitative estimate of drug-likeness (QED) is 0.830. The molecule has 0 unspecified atom stereocenters. The Hall–Kier alpha value is -1.75. The van der Waals surface area contributed by atoms with Crippen LogP contribution in [-0.4, -0.2) is 37.7 Å². The van der Waals surface area contributed by atoms with E-state index in [2.05, 4.69) is 0 Å². The standard InChI is InChI=1S/C12H17N3O2/c1-17-11-4-2-10(3-5-11)14-8-6-12(16)15(14)9-7-13/h2-5H,6-9,13H2,1H3. The lowest BCUT2D eigenvalue weighted by Gasteiger charge is -2.29. The molecule has 5 nitrogen and oxygen atoms in total. The average Bonchev–Trinajstić information content (AvgIpc) is 2.72. The molecular weight excluding hydrogens is 218 g/mol. The Balaban J connectivity index is 2.17. The zero-order chi connectivity index (χ0) is 12.3.